The number of pyridine rings is 1. The number of fused-ring (bicyclic) bond motifs is 1. The molecule has 0 unspecified atom stereocenters. The molecule has 1 N–H and O–H groups in total. The Morgan fingerprint density at radius 2 is 2.50 bits per heavy atom. The highest BCUT2D eigenvalue weighted by Gasteiger charge is 1.99. The molecule has 0 spiro atoms. The van der Waals surface area contributed by atoms with E-state index < -0.39 is 0 Å². The molecule has 2 rings (SSSR count). The largest absolute Gasteiger partial charge is 0.328 e. The summed E-state index contributed by atoms with van der Waals surface area (Å²) in [5.74, 6) is 0. The first kappa shape index (κ1) is 7.70. The Morgan fingerprint density at radius 1 is 1.67 bits per heavy atom. The zero-order chi connectivity index (χ0) is 8.55. The minimum absolute atomic E-state index is 0.789. The van der Waals surface area contributed by atoms with Crippen LogP contribution in [0.4, 0.5) is 0 Å². The van der Waals surface area contributed by atoms with Crippen LogP contribution >= 0.6 is 23.6 Å². The molecule has 0 aliphatic rings. The van der Waals surface area contributed by atoms with Crippen LogP contribution < -0.4 is 5.43 Å². The van der Waals surface area contributed by atoms with Crippen LogP contribution in [0.3, 0.4) is 0 Å². The quantitative estimate of drug-likeness (QED) is 0.709. The van der Waals surface area contributed by atoms with Crippen molar-refractivity contribution in [2.24, 2.45) is 0 Å². The summed E-state index contributed by atoms with van der Waals surface area (Å²) in [7, 11) is 1.84. The van der Waals surface area contributed by atoms with E-state index in [9.17, 15) is 0 Å². The maximum atomic E-state index is 5.22. The van der Waals surface area contributed by atoms with Crippen molar-refractivity contribution in [1.29, 1.82) is 0 Å². The molecular weight excluding hydrogens is 190 g/mol. The Labute approximate surface area is 78.6 Å². The highest BCUT2D eigenvalue weighted by molar-refractivity contribution is 7.71. The van der Waals surface area contributed by atoms with E-state index in [0.717, 1.165) is 14.9 Å². The highest BCUT2D eigenvalue weighted by atomic mass is 32.1. The number of aromatic nitrogens is 2. The van der Waals surface area contributed by atoms with Gasteiger partial charge >= 0.3 is 0 Å². The monoisotopic (exact) mass is 197 g/mol. The predicted octanol–water partition coefficient (Wildman–Crippen LogP) is 2.00. The maximum absolute atomic E-state index is 5.22. The Kier molecular flexibility index (Phi) is 1.82. The Morgan fingerprint density at radius 3 is 3.25 bits per heavy atom. The van der Waals surface area contributed by atoms with Crippen molar-refractivity contribution in [3.05, 3.63) is 22.4 Å². The van der Waals surface area contributed by atoms with Crippen molar-refractivity contribution in [3.63, 3.8) is 0 Å². The molecule has 0 radical (unpaired) electrons. The molecule has 0 atom stereocenters. The van der Waals surface area contributed by atoms with Gasteiger partial charge in [-0.1, -0.05) is 12.2 Å². The molecule has 0 amide bonds. The van der Waals surface area contributed by atoms with E-state index >= 15 is 0 Å². The van der Waals surface area contributed by atoms with E-state index in [2.05, 4.69) is 10.4 Å². The standard InChI is InChI=1S/C7H7N3S2/c1-8-10-3-2-5-6(7(10)11)12-4-9-5/h2-4,8H,1H3. The summed E-state index contributed by atoms with van der Waals surface area (Å²) in [6.07, 6.45) is 1.88. The Hall–Kier alpha value is -0.940. The third kappa shape index (κ3) is 1.02. The fourth-order valence-corrected chi connectivity index (χ4v) is 2.15. The molecule has 5 heteroatoms. The average molecular weight is 197 g/mol. The lowest BCUT2D eigenvalue weighted by Gasteiger charge is -2.03. The van der Waals surface area contributed by atoms with Crippen molar-refractivity contribution in [2.75, 3.05) is 12.5 Å². The fourth-order valence-electron chi connectivity index (χ4n) is 1.03. The second-order valence-corrected chi connectivity index (χ2v) is 3.52. The topological polar surface area (TPSA) is 29.9 Å². The van der Waals surface area contributed by atoms with E-state index in [1.165, 1.54) is 0 Å². The summed E-state index contributed by atoms with van der Waals surface area (Å²) in [6, 6.07) is 1.94. The van der Waals surface area contributed by atoms with Gasteiger partial charge in [-0.25, -0.2) is 4.98 Å². The Bertz CT molecular complexity index is 457. The van der Waals surface area contributed by atoms with Gasteiger partial charge in [0.05, 0.1) is 15.7 Å². The second-order valence-electron chi connectivity index (χ2n) is 2.28. The molecule has 12 heavy (non-hydrogen) atoms. The molecule has 0 fully saturated rings. The third-order valence-corrected chi connectivity index (χ3v) is 3.01. The van der Waals surface area contributed by atoms with Crippen molar-refractivity contribution in [3.8, 4) is 0 Å². The summed E-state index contributed by atoms with van der Waals surface area (Å²) in [4.78, 5) is 4.17. The minimum Gasteiger partial charge on any atom is -0.328 e. The molecule has 0 aromatic carbocycles. The van der Waals surface area contributed by atoms with Crippen molar-refractivity contribution >= 4 is 33.8 Å². The first-order chi connectivity index (χ1) is 5.83. The first-order valence-corrected chi connectivity index (χ1v) is 4.74. The van der Waals surface area contributed by atoms with Gasteiger partial charge in [0.1, 0.15) is 4.64 Å². The van der Waals surface area contributed by atoms with Crippen molar-refractivity contribution in [2.45, 2.75) is 0 Å². The molecule has 62 valence electrons. The van der Waals surface area contributed by atoms with Gasteiger partial charge in [0.15, 0.2) is 0 Å². The lowest BCUT2D eigenvalue weighted by Crippen LogP contribution is -2.09. The van der Waals surface area contributed by atoms with Gasteiger partial charge in [0.25, 0.3) is 0 Å². The lowest BCUT2D eigenvalue weighted by atomic mass is 10.4. The summed E-state index contributed by atoms with van der Waals surface area (Å²) < 4.78 is 3.65. The van der Waals surface area contributed by atoms with Crippen LogP contribution in [0, 0.1) is 4.64 Å². The lowest BCUT2D eigenvalue weighted by molar-refractivity contribution is 0.911. The van der Waals surface area contributed by atoms with E-state index in [1.54, 1.807) is 21.5 Å². The zero-order valence-electron chi connectivity index (χ0n) is 6.44. The van der Waals surface area contributed by atoms with Crippen LogP contribution in [-0.2, 0) is 0 Å². The minimum atomic E-state index is 0.789. The molecule has 0 bridgehead atoms. The van der Waals surface area contributed by atoms with Crippen LogP contribution in [-0.4, -0.2) is 16.7 Å². The van der Waals surface area contributed by atoms with Crippen LogP contribution in [0.2, 0.25) is 0 Å². The Balaban J connectivity index is 2.88. The van der Waals surface area contributed by atoms with Crippen LogP contribution in [0.25, 0.3) is 10.2 Å². The molecule has 2 aromatic heterocycles. The van der Waals surface area contributed by atoms with Crippen molar-refractivity contribution < 1.29 is 0 Å². The predicted molar refractivity (Wildman–Crippen MR) is 53.7 cm³/mol. The average Bonchev–Trinajstić information content (AvgIpc) is 2.53. The zero-order valence-corrected chi connectivity index (χ0v) is 8.08. The SMILES string of the molecule is CNn1ccc2ncsc2c1=S. The van der Waals surface area contributed by atoms with E-state index in [1.807, 2.05) is 19.3 Å². The summed E-state index contributed by atoms with van der Waals surface area (Å²) in [5.41, 5.74) is 5.74. The molecule has 3 nitrogen and oxygen atoms in total. The molecule has 2 heterocycles. The molecule has 0 saturated carbocycles. The number of hydrogen-bond acceptors (Lipinski definition) is 4. The second kappa shape index (κ2) is 2.84. The van der Waals surface area contributed by atoms with E-state index in [-0.39, 0.29) is 0 Å². The molecular formula is C7H7N3S2. The van der Waals surface area contributed by atoms with Gasteiger partial charge in [-0.15, -0.1) is 11.3 Å². The summed E-state index contributed by atoms with van der Waals surface area (Å²) >= 11 is 6.78. The van der Waals surface area contributed by atoms with Crippen LogP contribution in [0.5, 0.6) is 0 Å². The third-order valence-electron chi connectivity index (χ3n) is 1.63. The highest BCUT2D eigenvalue weighted by Crippen LogP contribution is 2.17. The number of hydrogen-bond donors (Lipinski definition) is 1. The van der Waals surface area contributed by atoms with Crippen molar-refractivity contribution in [1.82, 2.24) is 9.66 Å². The smallest absolute Gasteiger partial charge is 0.144 e. The number of rotatable bonds is 1. The molecule has 0 saturated heterocycles. The summed E-state index contributed by atoms with van der Waals surface area (Å²) in [6.45, 7) is 0. The van der Waals surface area contributed by atoms with E-state index in [0.29, 0.717) is 0 Å². The number of nitrogens with one attached hydrogen (secondary N) is 1. The van der Waals surface area contributed by atoms with E-state index in [4.69, 9.17) is 12.2 Å². The normalized spacial score (nSPS) is 10.4. The van der Waals surface area contributed by atoms with Gasteiger partial charge in [0.2, 0.25) is 0 Å². The maximum Gasteiger partial charge on any atom is 0.144 e. The molecule has 0 aliphatic heterocycles. The van der Waals surface area contributed by atoms with Gasteiger partial charge in [-0.05, 0) is 6.07 Å². The van der Waals surface area contributed by atoms with Gasteiger partial charge < -0.3 is 5.43 Å². The summed E-state index contributed by atoms with van der Waals surface area (Å²) in [5, 5.41) is 0. The van der Waals surface area contributed by atoms with Crippen LogP contribution in [0.1, 0.15) is 0 Å². The first-order valence-electron chi connectivity index (χ1n) is 3.45. The molecule has 0 aliphatic carbocycles. The number of thiazole rings is 1. The van der Waals surface area contributed by atoms with Gasteiger partial charge in [-0.2, -0.15) is 0 Å². The number of nitrogens with zero attached hydrogens (tertiary/aromatic N) is 2. The van der Waals surface area contributed by atoms with Gasteiger partial charge in [-0.3, -0.25) is 4.68 Å². The molecule has 2 aromatic rings. The van der Waals surface area contributed by atoms with Crippen LogP contribution in [0.15, 0.2) is 17.8 Å². The van der Waals surface area contributed by atoms with Gasteiger partial charge in [0, 0.05) is 13.2 Å². The fraction of sp³-hybridized carbons (Fsp3) is 0.143.